The lowest BCUT2D eigenvalue weighted by Crippen LogP contribution is -2.29. The van der Waals surface area contributed by atoms with Crippen molar-refractivity contribution in [3.05, 3.63) is 0 Å². The van der Waals surface area contributed by atoms with Gasteiger partial charge in [0.25, 0.3) is 0 Å². The predicted octanol–water partition coefficient (Wildman–Crippen LogP) is 3.54. The van der Waals surface area contributed by atoms with E-state index in [-0.39, 0.29) is 0 Å². The number of nitrogens with zero attached hydrogens (tertiary/aromatic N) is 1. The summed E-state index contributed by atoms with van der Waals surface area (Å²) in [7, 11) is 2.33. The summed E-state index contributed by atoms with van der Waals surface area (Å²) in [6, 6.07) is 0.858. The van der Waals surface area contributed by atoms with Gasteiger partial charge in [0.15, 0.2) is 0 Å². The van der Waals surface area contributed by atoms with E-state index in [0.717, 1.165) is 23.8 Å². The summed E-state index contributed by atoms with van der Waals surface area (Å²) in [5.41, 5.74) is 0. The maximum Gasteiger partial charge on any atom is 0.0118 e. The standard InChI is InChI=1S/C14H27N/c1-11(2)14-9-13(10-15(14)3)12-7-5-4-6-8-12/h11-14H,4-10H2,1-3H3/t13-,14+/m0/s1. The minimum absolute atomic E-state index is 0.837. The van der Waals surface area contributed by atoms with Gasteiger partial charge in [-0.3, -0.25) is 0 Å². The molecule has 2 aliphatic rings. The third-order valence-electron chi connectivity index (χ3n) is 4.72. The highest BCUT2D eigenvalue weighted by Crippen LogP contribution is 2.38. The highest BCUT2D eigenvalue weighted by Gasteiger charge is 2.35. The van der Waals surface area contributed by atoms with Crippen LogP contribution >= 0.6 is 0 Å². The summed E-state index contributed by atoms with van der Waals surface area (Å²) in [5, 5.41) is 0. The molecule has 0 aromatic carbocycles. The normalized spacial score (nSPS) is 35.2. The smallest absolute Gasteiger partial charge is 0.0118 e. The molecule has 0 aromatic rings. The van der Waals surface area contributed by atoms with Crippen LogP contribution in [0.2, 0.25) is 0 Å². The third kappa shape index (κ3) is 2.55. The first-order valence-corrected chi connectivity index (χ1v) is 6.88. The quantitative estimate of drug-likeness (QED) is 0.672. The fraction of sp³-hybridized carbons (Fsp3) is 1.00. The molecule has 1 heterocycles. The summed E-state index contributed by atoms with van der Waals surface area (Å²) < 4.78 is 0. The van der Waals surface area contributed by atoms with Crippen molar-refractivity contribution in [2.24, 2.45) is 17.8 Å². The molecule has 2 fully saturated rings. The zero-order chi connectivity index (χ0) is 10.8. The Balaban J connectivity index is 1.89. The molecule has 0 bridgehead atoms. The van der Waals surface area contributed by atoms with Gasteiger partial charge in [-0.1, -0.05) is 46.0 Å². The van der Waals surface area contributed by atoms with Crippen molar-refractivity contribution in [1.29, 1.82) is 0 Å². The first-order valence-electron chi connectivity index (χ1n) is 6.88. The molecule has 0 radical (unpaired) electrons. The fourth-order valence-electron chi connectivity index (χ4n) is 3.80. The molecule has 88 valence electrons. The van der Waals surface area contributed by atoms with Crippen molar-refractivity contribution < 1.29 is 0 Å². The molecule has 1 saturated heterocycles. The molecule has 15 heavy (non-hydrogen) atoms. The molecule has 0 unspecified atom stereocenters. The molecule has 0 amide bonds. The second kappa shape index (κ2) is 4.86. The number of hydrogen-bond acceptors (Lipinski definition) is 1. The van der Waals surface area contributed by atoms with Gasteiger partial charge in [-0.25, -0.2) is 0 Å². The maximum atomic E-state index is 2.62. The van der Waals surface area contributed by atoms with Crippen LogP contribution in [0.5, 0.6) is 0 Å². The predicted molar refractivity (Wildman–Crippen MR) is 65.9 cm³/mol. The largest absolute Gasteiger partial charge is 0.303 e. The van der Waals surface area contributed by atoms with Crippen molar-refractivity contribution in [1.82, 2.24) is 4.90 Å². The van der Waals surface area contributed by atoms with Crippen LogP contribution in [0, 0.1) is 17.8 Å². The van der Waals surface area contributed by atoms with Crippen LogP contribution in [0.4, 0.5) is 0 Å². The lowest BCUT2D eigenvalue weighted by atomic mass is 9.78. The number of likely N-dealkylation sites (tertiary alicyclic amines) is 1. The van der Waals surface area contributed by atoms with Crippen molar-refractivity contribution >= 4 is 0 Å². The highest BCUT2D eigenvalue weighted by molar-refractivity contribution is 4.89. The Bertz CT molecular complexity index is 194. The fourth-order valence-corrected chi connectivity index (χ4v) is 3.80. The van der Waals surface area contributed by atoms with Crippen molar-refractivity contribution in [3.8, 4) is 0 Å². The Morgan fingerprint density at radius 2 is 1.67 bits per heavy atom. The monoisotopic (exact) mass is 209 g/mol. The van der Waals surface area contributed by atoms with E-state index in [2.05, 4.69) is 25.8 Å². The average Bonchev–Trinajstić information content (AvgIpc) is 2.62. The van der Waals surface area contributed by atoms with E-state index >= 15 is 0 Å². The lowest BCUT2D eigenvalue weighted by Gasteiger charge is -2.27. The highest BCUT2D eigenvalue weighted by atomic mass is 15.2. The van der Waals surface area contributed by atoms with Crippen LogP contribution in [-0.4, -0.2) is 24.5 Å². The second-order valence-electron chi connectivity index (χ2n) is 6.14. The Labute approximate surface area is 95.2 Å². The molecule has 1 aliphatic carbocycles. The third-order valence-corrected chi connectivity index (χ3v) is 4.72. The van der Waals surface area contributed by atoms with E-state index in [9.17, 15) is 0 Å². The molecule has 2 atom stereocenters. The Morgan fingerprint density at radius 3 is 2.20 bits per heavy atom. The summed E-state index contributed by atoms with van der Waals surface area (Å²) in [6.07, 6.45) is 8.99. The number of hydrogen-bond donors (Lipinski definition) is 0. The first-order chi connectivity index (χ1) is 7.18. The summed E-state index contributed by atoms with van der Waals surface area (Å²) in [4.78, 5) is 2.62. The average molecular weight is 209 g/mol. The van der Waals surface area contributed by atoms with Gasteiger partial charge in [-0.15, -0.1) is 0 Å². The molecular formula is C14H27N. The molecule has 0 N–H and O–H groups in total. The minimum Gasteiger partial charge on any atom is -0.303 e. The van der Waals surface area contributed by atoms with Gasteiger partial charge in [-0.05, 0) is 31.2 Å². The SMILES string of the molecule is CC(C)[C@H]1C[C@H](C2CCCCC2)CN1C. The lowest BCUT2D eigenvalue weighted by molar-refractivity contribution is 0.238. The van der Waals surface area contributed by atoms with E-state index in [1.165, 1.54) is 45.1 Å². The zero-order valence-corrected chi connectivity index (χ0v) is 10.7. The molecule has 2 rings (SSSR count). The Kier molecular flexibility index (Phi) is 3.71. The maximum absolute atomic E-state index is 2.62. The first kappa shape index (κ1) is 11.4. The van der Waals surface area contributed by atoms with E-state index in [0.29, 0.717) is 0 Å². The van der Waals surface area contributed by atoms with Gasteiger partial charge in [-0.2, -0.15) is 0 Å². The van der Waals surface area contributed by atoms with Gasteiger partial charge < -0.3 is 4.90 Å². The molecule has 1 nitrogen and oxygen atoms in total. The summed E-state index contributed by atoms with van der Waals surface area (Å²) >= 11 is 0. The second-order valence-corrected chi connectivity index (χ2v) is 6.14. The molecule has 1 aliphatic heterocycles. The topological polar surface area (TPSA) is 3.24 Å². The Hall–Kier alpha value is -0.0400. The van der Waals surface area contributed by atoms with E-state index < -0.39 is 0 Å². The van der Waals surface area contributed by atoms with E-state index in [1.54, 1.807) is 0 Å². The summed E-state index contributed by atoms with van der Waals surface area (Å²) in [5.74, 6) is 2.91. The van der Waals surface area contributed by atoms with E-state index in [4.69, 9.17) is 0 Å². The minimum atomic E-state index is 0.837. The molecular weight excluding hydrogens is 182 g/mol. The molecule has 0 aromatic heterocycles. The number of rotatable bonds is 2. The zero-order valence-electron chi connectivity index (χ0n) is 10.7. The molecule has 1 heteroatoms. The summed E-state index contributed by atoms with van der Waals surface area (Å²) in [6.45, 7) is 6.13. The van der Waals surface area contributed by atoms with Crippen molar-refractivity contribution in [2.75, 3.05) is 13.6 Å². The van der Waals surface area contributed by atoms with E-state index in [1.807, 2.05) is 0 Å². The van der Waals surface area contributed by atoms with Gasteiger partial charge >= 0.3 is 0 Å². The van der Waals surface area contributed by atoms with Crippen LogP contribution < -0.4 is 0 Å². The van der Waals surface area contributed by atoms with Gasteiger partial charge in [0.1, 0.15) is 0 Å². The van der Waals surface area contributed by atoms with Gasteiger partial charge in [0.2, 0.25) is 0 Å². The Morgan fingerprint density at radius 1 is 1.00 bits per heavy atom. The van der Waals surface area contributed by atoms with Crippen LogP contribution in [0.25, 0.3) is 0 Å². The van der Waals surface area contributed by atoms with Gasteiger partial charge in [0, 0.05) is 12.6 Å². The van der Waals surface area contributed by atoms with Crippen LogP contribution in [-0.2, 0) is 0 Å². The van der Waals surface area contributed by atoms with Crippen molar-refractivity contribution in [2.45, 2.75) is 58.4 Å². The van der Waals surface area contributed by atoms with Gasteiger partial charge in [0.05, 0.1) is 0 Å². The van der Waals surface area contributed by atoms with Crippen molar-refractivity contribution in [3.63, 3.8) is 0 Å². The molecule has 1 saturated carbocycles. The molecule has 0 spiro atoms. The van der Waals surface area contributed by atoms with Crippen LogP contribution in [0.15, 0.2) is 0 Å². The van der Waals surface area contributed by atoms with Crippen LogP contribution in [0.3, 0.4) is 0 Å². The van der Waals surface area contributed by atoms with Crippen LogP contribution in [0.1, 0.15) is 52.4 Å².